The molecule has 100 valence electrons. The van der Waals surface area contributed by atoms with E-state index in [1.54, 1.807) is 18.2 Å². The number of amides is 1. The summed E-state index contributed by atoms with van der Waals surface area (Å²) in [5, 5.41) is 12.8. The van der Waals surface area contributed by atoms with Crippen LogP contribution in [0.15, 0.2) is 28.1 Å². The molecule has 1 heterocycles. The minimum Gasteiger partial charge on any atom is -0.504 e. The lowest BCUT2D eigenvalue weighted by molar-refractivity contribution is -0.115. The van der Waals surface area contributed by atoms with Gasteiger partial charge in [-0.05, 0) is 42.5 Å². The number of carbonyl (C=O) groups is 1. The fourth-order valence-corrected chi connectivity index (χ4v) is 2.46. The first-order chi connectivity index (χ1) is 9.13. The summed E-state index contributed by atoms with van der Waals surface area (Å²) in [6.45, 7) is 2.54. The highest BCUT2D eigenvalue weighted by Crippen LogP contribution is 2.30. The molecule has 1 aromatic rings. The topological polar surface area (TPSA) is 70.9 Å². The summed E-state index contributed by atoms with van der Waals surface area (Å²) >= 11 is 1.30. The van der Waals surface area contributed by atoms with Gasteiger partial charge in [-0.25, -0.2) is 0 Å². The Balaban J connectivity index is 2.27. The number of benzene rings is 1. The molecule has 5 nitrogen and oxygen atoms in total. The Hall–Kier alpha value is -1.95. The van der Waals surface area contributed by atoms with Crippen LogP contribution in [0.3, 0.4) is 0 Å². The van der Waals surface area contributed by atoms with Crippen molar-refractivity contribution in [3.63, 3.8) is 0 Å². The zero-order valence-electron chi connectivity index (χ0n) is 10.6. The third kappa shape index (κ3) is 3.08. The lowest BCUT2D eigenvalue weighted by Crippen LogP contribution is -2.19. The summed E-state index contributed by atoms with van der Waals surface area (Å²) in [6.07, 6.45) is 1.74. The Morgan fingerprint density at radius 2 is 2.32 bits per heavy atom. The van der Waals surface area contributed by atoms with E-state index in [0.29, 0.717) is 22.4 Å². The predicted octanol–water partition coefficient (Wildman–Crippen LogP) is 1.98. The molecule has 2 N–H and O–H groups in total. The van der Waals surface area contributed by atoms with Crippen LogP contribution >= 0.6 is 11.8 Å². The smallest absolute Gasteiger partial charge is 0.264 e. The van der Waals surface area contributed by atoms with Crippen molar-refractivity contribution in [2.45, 2.75) is 6.92 Å². The molecule has 1 aliphatic heterocycles. The minimum absolute atomic E-state index is 0.0708. The van der Waals surface area contributed by atoms with Crippen LogP contribution in [0, 0.1) is 0 Å². The summed E-state index contributed by atoms with van der Waals surface area (Å²) in [6, 6.07) is 4.92. The van der Waals surface area contributed by atoms with Gasteiger partial charge >= 0.3 is 0 Å². The number of carbonyl (C=O) groups excluding carboxylic acids is 1. The number of rotatable bonds is 3. The largest absolute Gasteiger partial charge is 0.504 e. The second-order valence-electron chi connectivity index (χ2n) is 3.78. The number of ether oxygens (including phenoxy) is 1. The third-order valence-electron chi connectivity index (χ3n) is 2.45. The van der Waals surface area contributed by atoms with E-state index < -0.39 is 0 Å². The number of methoxy groups -OCH3 is 1. The van der Waals surface area contributed by atoms with Crippen molar-refractivity contribution in [1.82, 2.24) is 5.32 Å². The molecule has 0 radical (unpaired) electrons. The average molecular weight is 278 g/mol. The zero-order chi connectivity index (χ0) is 13.8. The van der Waals surface area contributed by atoms with Gasteiger partial charge in [-0.3, -0.25) is 9.79 Å². The van der Waals surface area contributed by atoms with E-state index in [2.05, 4.69) is 10.3 Å². The molecule has 0 aromatic heterocycles. The highest BCUT2D eigenvalue weighted by molar-refractivity contribution is 8.18. The van der Waals surface area contributed by atoms with Gasteiger partial charge in [-0.1, -0.05) is 6.07 Å². The molecule has 0 bridgehead atoms. The standard InChI is InChI=1S/C13H14N2O3S/c1-3-14-13-15-12(17)11(19-13)7-8-4-5-9(16)10(6-8)18-2/h4-7,16H,3H2,1-2H3,(H,14,15,17)/b11-7-. The Kier molecular flexibility index (Phi) is 4.11. The first kappa shape index (κ1) is 13.5. The minimum atomic E-state index is -0.163. The second kappa shape index (κ2) is 5.79. The van der Waals surface area contributed by atoms with E-state index >= 15 is 0 Å². The van der Waals surface area contributed by atoms with E-state index in [9.17, 15) is 9.90 Å². The maximum Gasteiger partial charge on any atom is 0.264 e. The molecular formula is C13H14N2O3S. The molecule has 1 amide bonds. The van der Waals surface area contributed by atoms with Gasteiger partial charge in [-0.15, -0.1) is 0 Å². The van der Waals surface area contributed by atoms with Gasteiger partial charge in [0.1, 0.15) is 0 Å². The number of aromatic hydroxyl groups is 1. The Morgan fingerprint density at radius 1 is 1.53 bits per heavy atom. The van der Waals surface area contributed by atoms with Crippen molar-refractivity contribution in [1.29, 1.82) is 0 Å². The number of phenolic OH excluding ortho intramolecular Hbond substituents is 1. The lowest BCUT2D eigenvalue weighted by Gasteiger charge is -2.03. The quantitative estimate of drug-likeness (QED) is 0.829. The van der Waals surface area contributed by atoms with Crippen LogP contribution in [0.4, 0.5) is 0 Å². The predicted molar refractivity (Wildman–Crippen MR) is 76.3 cm³/mol. The lowest BCUT2D eigenvalue weighted by atomic mass is 10.2. The molecule has 0 spiro atoms. The van der Waals surface area contributed by atoms with Crippen molar-refractivity contribution in [3.05, 3.63) is 28.7 Å². The van der Waals surface area contributed by atoms with E-state index in [-0.39, 0.29) is 11.7 Å². The van der Waals surface area contributed by atoms with Crippen LogP contribution in [0.1, 0.15) is 12.5 Å². The Labute approximate surface area is 115 Å². The average Bonchev–Trinajstić information content (AvgIpc) is 2.72. The van der Waals surface area contributed by atoms with Crippen LogP contribution in [0.2, 0.25) is 0 Å². The van der Waals surface area contributed by atoms with Crippen LogP contribution < -0.4 is 10.1 Å². The summed E-state index contributed by atoms with van der Waals surface area (Å²) in [4.78, 5) is 16.4. The summed E-state index contributed by atoms with van der Waals surface area (Å²) in [7, 11) is 1.48. The van der Waals surface area contributed by atoms with Gasteiger partial charge in [0.2, 0.25) is 0 Å². The number of hydrogen-bond acceptors (Lipinski definition) is 5. The summed E-state index contributed by atoms with van der Waals surface area (Å²) in [5.74, 6) is 0.283. The number of nitrogens with one attached hydrogen (secondary N) is 1. The Morgan fingerprint density at radius 3 is 3.00 bits per heavy atom. The molecule has 1 saturated heterocycles. The van der Waals surface area contributed by atoms with Crippen molar-refractivity contribution < 1.29 is 14.6 Å². The van der Waals surface area contributed by atoms with Crippen molar-refractivity contribution in [2.24, 2.45) is 4.99 Å². The van der Waals surface area contributed by atoms with Gasteiger partial charge in [0.15, 0.2) is 16.7 Å². The maximum atomic E-state index is 11.7. The van der Waals surface area contributed by atoms with Gasteiger partial charge in [0.25, 0.3) is 5.91 Å². The highest BCUT2D eigenvalue weighted by atomic mass is 32.2. The Bertz CT molecular complexity index is 567. The molecule has 1 aromatic carbocycles. The van der Waals surface area contributed by atoms with Crippen molar-refractivity contribution in [2.75, 3.05) is 13.7 Å². The zero-order valence-corrected chi connectivity index (χ0v) is 11.5. The molecule has 0 aliphatic carbocycles. The molecule has 1 fully saturated rings. The fraction of sp³-hybridized carbons (Fsp3) is 0.231. The van der Waals surface area contributed by atoms with E-state index in [4.69, 9.17) is 4.74 Å². The molecule has 0 saturated carbocycles. The fourth-order valence-electron chi connectivity index (χ4n) is 1.58. The van der Waals surface area contributed by atoms with E-state index in [0.717, 1.165) is 5.56 Å². The highest BCUT2D eigenvalue weighted by Gasteiger charge is 2.23. The molecule has 2 rings (SSSR count). The first-order valence-electron chi connectivity index (χ1n) is 5.76. The normalized spacial score (nSPS) is 18.9. The molecule has 1 aliphatic rings. The number of thioether (sulfide) groups is 1. The molecule has 6 heteroatoms. The molecule has 0 unspecified atom stereocenters. The van der Waals surface area contributed by atoms with Crippen LogP contribution in [0.25, 0.3) is 6.08 Å². The van der Waals surface area contributed by atoms with Gasteiger partial charge in [0, 0.05) is 6.54 Å². The maximum absolute atomic E-state index is 11.7. The second-order valence-corrected chi connectivity index (χ2v) is 4.81. The van der Waals surface area contributed by atoms with E-state index in [1.807, 2.05) is 6.92 Å². The van der Waals surface area contributed by atoms with Gasteiger partial charge in [0.05, 0.1) is 12.0 Å². The van der Waals surface area contributed by atoms with Crippen LogP contribution in [-0.2, 0) is 4.79 Å². The van der Waals surface area contributed by atoms with Gasteiger partial charge < -0.3 is 15.2 Å². The summed E-state index contributed by atoms with van der Waals surface area (Å²) < 4.78 is 5.03. The van der Waals surface area contributed by atoms with Crippen molar-refractivity contribution in [3.8, 4) is 11.5 Å². The number of phenols is 1. The number of aliphatic imine (C=N–C) groups is 1. The third-order valence-corrected chi connectivity index (χ3v) is 3.40. The summed E-state index contributed by atoms with van der Waals surface area (Å²) in [5.41, 5.74) is 0.782. The first-order valence-corrected chi connectivity index (χ1v) is 6.58. The van der Waals surface area contributed by atoms with Crippen LogP contribution in [-0.4, -0.2) is 29.8 Å². The number of hydrogen-bond donors (Lipinski definition) is 2. The molecular weight excluding hydrogens is 264 g/mol. The van der Waals surface area contributed by atoms with Crippen LogP contribution in [0.5, 0.6) is 11.5 Å². The molecule has 0 atom stereocenters. The monoisotopic (exact) mass is 278 g/mol. The molecule has 19 heavy (non-hydrogen) atoms. The van der Waals surface area contributed by atoms with E-state index in [1.165, 1.54) is 24.9 Å². The SMILES string of the molecule is CCN=C1NC(=O)/C(=C/c2ccc(O)c(OC)c2)S1. The number of amidine groups is 1. The van der Waals surface area contributed by atoms with Crippen molar-refractivity contribution >= 4 is 28.9 Å². The number of nitrogens with zero attached hydrogens (tertiary/aromatic N) is 1. The van der Waals surface area contributed by atoms with Gasteiger partial charge in [-0.2, -0.15) is 0 Å².